The van der Waals surface area contributed by atoms with E-state index in [1.54, 1.807) is 0 Å². The van der Waals surface area contributed by atoms with E-state index in [2.05, 4.69) is 0 Å². The van der Waals surface area contributed by atoms with E-state index >= 15 is 0 Å². The Morgan fingerprint density at radius 3 is 2.43 bits per heavy atom. The van der Waals surface area contributed by atoms with Crippen LogP contribution in [-0.4, -0.2) is 34.9 Å². The summed E-state index contributed by atoms with van der Waals surface area (Å²) in [5, 5.41) is 11.6. The molecule has 1 saturated heterocycles. The number of carbonyl (C=O) groups is 1. The van der Waals surface area contributed by atoms with Crippen molar-refractivity contribution in [2.75, 3.05) is 13.1 Å². The van der Waals surface area contributed by atoms with E-state index in [-0.39, 0.29) is 36.9 Å². The van der Waals surface area contributed by atoms with Crippen LogP contribution < -0.4 is 0 Å². The predicted octanol–water partition coefficient (Wildman–Crippen LogP) is 3.87. The summed E-state index contributed by atoms with van der Waals surface area (Å²) < 4.78 is 40.9. The monoisotopic (exact) mass is 392 g/mol. The van der Waals surface area contributed by atoms with Crippen molar-refractivity contribution in [2.24, 2.45) is 0 Å². The minimum atomic E-state index is -1.38. The summed E-state index contributed by atoms with van der Waals surface area (Å²) in [6.45, 7) is 1.97. The fourth-order valence-electron chi connectivity index (χ4n) is 3.65. The van der Waals surface area contributed by atoms with Crippen LogP contribution in [0.15, 0.2) is 42.5 Å². The summed E-state index contributed by atoms with van der Waals surface area (Å²) in [6.07, 6.45) is -0.338. The van der Waals surface area contributed by atoms with Gasteiger partial charge in [-0.2, -0.15) is 0 Å². The maximum Gasteiger partial charge on any atom is 0.237 e. The molecule has 0 radical (unpaired) electrons. The number of piperidine rings is 1. The normalized spacial score (nSPS) is 20.9. The van der Waals surface area contributed by atoms with Gasteiger partial charge in [0.15, 0.2) is 11.6 Å². The first-order valence-electron chi connectivity index (χ1n) is 8.88. The number of amides is 1. The molecule has 1 heterocycles. The minimum absolute atomic E-state index is 0.0471. The average molecular weight is 392 g/mol. The average Bonchev–Trinajstić information content (AvgIpc) is 2.66. The van der Waals surface area contributed by atoms with Gasteiger partial charge in [0, 0.05) is 29.5 Å². The largest absolute Gasteiger partial charge is 0.335 e. The van der Waals surface area contributed by atoms with Gasteiger partial charge < -0.3 is 4.90 Å². The molecule has 28 heavy (non-hydrogen) atoms. The van der Waals surface area contributed by atoms with Gasteiger partial charge in [-0.25, -0.2) is 13.2 Å². The quantitative estimate of drug-likeness (QED) is 0.441. The maximum atomic E-state index is 14.2. The molecular weight excluding hydrogens is 373 g/mol. The van der Waals surface area contributed by atoms with Crippen LogP contribution in [0.4, 0.5) is 13.2 Å². The zero-order valence-electron chi connectivity index (χ0n) is 15.1. The lowest BCUT2D eigenvalue weighted by atomic mass is 9.84. The summed E-state index contributed by atoms with van der Waals surface area (Å²) in [5.41, 5.74) is 0.645. The number of nitro groups is 1. The Kier molecular flexibility index (Phi) is 5.67. The Balaban J connectivity index is 1.83. The van der Waals surface area contributed by atoms with Crippen LogP contribution in [0.25, 0.3) is 0 Å². The van der Waals surface area contributed by atoms with E-state index in [9.17, 15) is 28.1 Å². The van der Waals surface area contributed by atoms with Crippen LogP contribution in [0.5, 0.6) is 0 Å². The molecule has 1 aliphatic heterocycles. The number of rotatable bonds is 5. The van der Waals surface area contributed by atoms with Crippen molar-refractivity contribution in [3.05, 3.63) is 81.2 Å². The number of likely N-dealkylation sites (tertiary alicyclic amines) is 1. The van der Waals surface area contributed by atoms with Crippen molar-refractivity contribution in [1.82, 2.24) is 4.90 Å². The molecule has 0 spiro atoms. The molecule has 2 aromatic carbocycles. The van der Waals surface area contributed by atoms with Crippen molar-refractivity contribution in [3.8, 4) is 0 Å². The van der Waals surface area contributed by atoms with Crippen molar-refractivity contribution in [1.29, 1.82) is 0 Å². The van der Waals surface area contributed by atoms with Gasteiger partial charge in [-0.15, -0.1) is 0 Å². The summed E-state index contributed by atoms with van der Waals surface area (Å²) in [5.74, 6) is -5.34. The van der Waals surface area contributed by atoms with Crippen LogP contribution in [-0.2, 0) is 4.79 Å². The Morgan fingerprint density at radius 2 is 1.79 bits per heavy atom. The van der Waals surface area contributed by atoms with Gasteiger partial charge in [0.25, 0.3) is 0 Å². The molecule has 3 atom stereocenters. The lowest BCUT2D eigenvalue weighted by molar-refractivity contribution is -0.528. The highest BCUT2D eigenvalue weighted by atomic mass is 19.2. The molecule has 3 rings (SSSR count). The van der Waals surface area contributed by atoms with Gasteiger partial charge in [0.2, 0.25) is 11.9 Å². The number of hydrogen-bond acceptors (Lipinski definition) is 3. The van der Waals surface area contributed by atoms with Gasteiger partial charge in [-0.3, -0.25) is 14.9 Å². The Labute approximate surface area is 159 Å². The van der Waals surface area contributed by atoms with Crippen molar-refractivity contribution < 1.29 is 22.9 Å². The van der Waals surface area contributed by atoms with Gasteiger partial charge in [0.1, 0.15) is 5.82 Å². The highest BCUT2D eigenvalue weighted by molar-refractivity contribution is 5.78. The number of benzene rings is 2. The zero-order chi connectivity index (χ0) is 20.4. The summed E-state index contributed by atoms with van der Waals surface area (Å²) in [6, 6.07) is 9.08. The molecule has 0 unspecified atom stereocenters. The van der Waals surface area contributed by atoms with Gasteiger partial charge >= 0.3 is 0 Å². The molecule has 0 bridgehead atoms. The minimum Gasteiger partial charge on any atom is -0.335 e. The van der Waals surface area contributed by atoms with Crippen LogP contribution in [0.3, 0.4) is 0 Å². The van der Waals surface area contributed by atoms with Gasteiger partial charge in [-0.1, -0.05) is 37.3 Å². The fraction of sp³-hybridized carbons (Fsp3) is 0.350. The predicted molar refractivity (Wildman–Crippen MR) is 95.9 cm³/mol. The van der Waals surface area contributed by atoms with Crippen LogP contribution in [0.1, 0.15) is 36.3 Å². The maximum absolute atomic E-state index is 14.2. The molecule has 2 aromatic rings. The fourth-order valence-corrected chi connectivity index (χ4v) is 3.65. The smallest absolute Gasteiger partial charge is 0.237 e. The van der Waals surface area contributed by atoms with Gasteiger partial charge in [-0.05, 0) is 17.5 Å². The molecule has 8 heteroatoms. The second kappa shape index (κ2) is 8.00. The standard InChI is InChI=1S/C20H19F3N2O3/c1-12(13-5-3-2-4-6-13)10-24-11-19(25(27)28)15(8-20(24)26)14-7-17(22)18(23)9-16(14)21/h2-7,9,12,15,19H,8,10-11H2,1H3/t12-,15-,19+/m1/s1. The topological polar surface area (TPSA) is 63.4 Å². The molecule has 0 aromatic heterocycles. The van der Waals surface area contributed by atoms with E-state index in [1.165, 1.54) is 4.90 Å². The number of carbonyl (C=O) groups excluding carboxylic acids is 1. The highest BCUT2D eigenvalue weighted by Crippen LogP contribution is 2.34. The molecule has 0 saturated carbocycles. The first-order valence-corrected chi connectivity index (χ1v) is 8.88. The summed E-state index contributed by atoms with van der Waals surface area (Å²) in [4.78, 5) is 25.0. The Morgan fingerprint density at radius 1 is 1.14 bits per heavy atom. The third-order valence-corrected chi connectivity index (χ3v) is 5.19. The molecular formula is C20H19F3N2O3. The molecule has 5 nitrogen and oxygen atoms in total. The third kappa shape index (κ3) is 4.00. The van der Waals surface area contributed by atoms with Crippen LogP contribution >= 0.6 is 0 Å². The van der Waals surface area contributed by atoms with E-state index in [0.29, 0.717) is 12.1 Å². The highest BCUT2D eigenvalue weighted by Gasteiger charge is 2.44. The number of nitrogens with zero attached hydrogens (tertiary/aromatic N) is 2. The molecule has 148 valence electrons. The van der Waals surface area contributed by atoms with E-state index in [4.69, 9.17) is 0 Å². The van der Waals surface area contributed by atoms with Crippen molar-refractivity contribution in [3.63, 3.8) is 0 Å². The Hall–Kier alpha value is -2.90. The molecule has 0 aliphatic carbocycles. The third-order valence-electron chi connectivity index (χ3n) is 5.19. The first kappa shape index (κ1) is 19.9. The SMILES string of the molecule is C[C@H](CN1C[C@H]([N+](=O)[O-])[C@@H](c2cc(F)c(F)cc2F)CC1=O)c1ccccc1. The Bertz CT molecular complexity index is 892. The number of hydrogen-bond donors (Lipinski definition) is 0. The van der Waals surface area contributed by atoms with E-state index < -0.39 is 34.3 Å². The van der Waals surface area contributed by atoms with Crippen LogP contribution in [0.2, 0.25) is 0 Å². The zero-order valence-corrected chi connectivity index (χ0v) is 15.1. The lowest BCUT2D eigenvalue weighted by Crippen LogP contribution is -2.50. The van der Waals surface area contributed by atoms with E-state index in [1.807, 2.05) is 37.3 Å². The van der Waals surface area contributed by atoms with Gasteiger partial charge in [0.05, 0.1) is 12.5 Å². The molecule has 1 aliphatic rings. The second-order valence-corrected chi connectivity index (χ2v) is 7.06. The van der Waals surface area contributed by atoms with Crippen LogP contribution in [0, 0.1) is 27.6 Å². The van der Waals surface area contributed by atoms with Crippen molar-refractivity contribution >= 4 is 5.91 Å². The number of halogens is 3. The van der Waals surface area contributed by atoms with E-state index in [0.717, 1.165) is 5.56 Å². The molecule has 0 N–H and O–H groups in total. The summed E-state index contributed by atoms with van der Waals surface area (Å²) in [7, 11) is 0. The molecule has 1 amide bonds. The second-order valence-electron chi connectivity index (χ2n) is 7.06. The van der Waals surface area contributed by atoms with Crippen molar-refractivity contribution in [2.45, 2.75) is 31.2 Å². The molecule has 1 fully saturated rings. The first-order chi connectivity index (χ1) is 13.3. The summed E-state index contributed by atoms with van der Waals surface area (Å²) >= 11 is 0. The lowest BCUT2D eigenvalue weighted by Gasteiger charge is -2.35.